The standard InChI is InChI=1S/C16H20N2OS/c1-12-5-4-6-13(2)16(12)17-15(19)10-18(3)9-14-7-8-20-11-14/h4-8,11H,9-10H2,1-3H3,(H,17,19). The molecule has 0 fully saturated rings. The Morgan fingerprint density at radius 1 is 1.25 bits per heavy atom. The molecule has 0 aliphatic carbocycles. The second kappa shape index (κ2) is 6.68. The average molecular weight is 288 g/mol. The molecular weight excluding hydrogens is 268 g/mol. The monoisotopic (exact) mass is 288 g/mol. The third-order valence-corrected chi connectivity index (χ3v) is 3.92. The van der Waals surface area contributed by atoms with Crippen LogP contribution < -0.4 is 5.32 Å². The SMILES string of the molecule is Cc1cccc(C)c1NC(=O)CN(C)Cc1ccsc1. The van der Waals surface area contributed by atoms with Crippen LogP contribution in [-0.2, 0) is 11.3 Å². The molecule has 20 heavy (non-hydrogen) atoms. The number of anilines is 1. The van der Waals surface area contributed by atoms with Crippen molar-refractivity contribution in [2.75, 3.05) is 18.9 Å². The van der Waals surface area contributed by atoms with Gasteiger partial charge in [0.05, 0.1) is 6.54 Å². The first-order valence-corrected chi connectivity index (χ1v) is 7.56. The van der Waals surface area contributed by atoms with Crippen LogP contribution in [-0.4, -0.2) is 24.4 Å². The number of para-hydroxylation sites is 1. The maximum atomic E-state index is 12.1. The van der Waals surface area contributed by atoms with Gasteiger partial charge in [-0.1, -0.05) is 18.2 Å². The summed E-state index contributed by atoms with van der Waals surface area (Å²) >= 11 is 1.68. The second-order valence-electron chi connectivity index (χ2n) is 5.12. The van der Waals surface area contributed by atoms with E-state index in [9.17, 15) is 4.79 Å². The molecule has 0 saturated carbocycles. The topological polar surface area (TPSA) is 32.3 Å². The van der Waals surface area contributed by atoms with E-state index in [4.69, 9.17) is 0 Å². The van der Waals surface area contributed by atoms with E-state index in [1.54, 1.807) is 11.3 Å². The van der Waals surface area contributed by atoms with Crippen LogP contribution in [0.25, 0.3) is 0 Å². The number of carbonyl (C=O) groups is 1. The van der Waals surface area contributed by atoms with Gasteiger partial charge in [0.2, 0.25) is 5.91 Å². The van der Waals surface area contributed by atoms with Crippen molar-refractivity contribution >= 4 is 22.9 Å². The highest BCUT2D eigenvalue weighted by Crippen LogP contribution is 2.19. The summed E-state index contributed by atoms with van der Waals surface area (Å²) in [5.41, 5.74) is 4.37. The molecule has 0 unspecified atom stereocenters. The maximum Gasteiger partial charge on any atom is 0.238 e. The van der Waals surface area contributed by atoms with Crippen molar-refractivity contribution in [3.63, 3.8) is 0 Å². The van der Waals surface area contributed by atoms with Gasteiger partial charge < -0.3 is 5.32 Å². The average Bonchev–Trinajstić information content (AvgIpc) is 2.86. The Labute approximate surface area is 124 Å². The van der Waals surface area contributed by atoms with Gasteiger partial charge in [0.1, 0.15) is 0 Å². The van der Waals surface area contributed by atoms with Crippen LogP contribution in [0.15, 0.2) is 35.0 Å². The number of likely N-dealkylation sites (N-methyl/N-ethyl adjacent to an activating group) is 1. The lowest BCUT2D eigenvalue weighted by Crippen LogP contribution is -2.30. The van der Waals surface area contributed by atoms with Crippen LogP contribution >= 0.6 is 11.3 Å². The van der Waals surface area contributed by atoms with Crippen molar-refractivity contribution in [1.29, 1.82) is 0 Å². The number of aryl methyl sites for hydroxylation is 2. The van der Waals surface area contributed by atoms with E-state index >= 15 is 0 Å². The number of hydrogen-bond donors (Lipinski definition) is 1. The molecule has 1 aromatic carbocycles. The summed E-state index contributed by atoms with van der Waals surface area (Å²) < 4.78 is 0. The number of hydrogen-bond acceptors (Lipinski definition) is 3. The molecule has 0 bridgehead atoms. The van der Waals surface area contributed by atoms with Crippen LogP contribution in [0.5, 0.6) is 0 Å². The first-order chi connectivity index (χ1) is 9.56. The number of nitrogens with one attached hydrogen (secondary N) is 1. The van der Waals surface area contributed by atoms with Crippen molar-refractivity contribution in [2.45, 2.75) is 20.4 Å². The molecule has 0 saturated heterocycles. The number of thiophene rings is 1. The van der Waals surface area contributed by atoms with E-state index in [1.807, 2.05) is 44.0 Å². The molecule has 1 amide bonds. The summed E-state index contributed by atoms with van der Waals surface area (Å²) in [5, 5.41) is 7.18. The van der Waals surface area contributed by atoms with Crippen molar-refractivity contribution < 1.29 is 4.79 Å². The highest BCUT2D eigenvalue weighted by atomic mass is 32.1. The molecule has 1 N–H and O–H groups in total. The van der Waals surface area contributed by atoms with E-state index in [-0.39, 0.29) is 5.91 Å². The Morgan fingerprint density at radius 2 is 1.95 bits per heavy atom. The highest BCUT2D eigenvalue weighted by Gasteiger charge is 2.10. The molecule has 0 spiro atoms. The normalized spacial score (nSPS) is 10.8. The summed E-state index contributed by atoms with van der Waals surface area (Å²) in [6.07, 6.45) is 0. The van der Waals surface area contributed by atoms with Crippen molar-refractivity contribution in [3.05, 3.63) is 51.7 Å². The minimum atomic E-state index is 0.0279. The van der Waals surface area contributed by atoms with Gasteiger partial charge in [-0.3, -0.25) is 9.69 Å². The smallest absolute Gasteiger partial charge is 0.238 e. The van der Waals surface area contributed by atoms with Gasteiger partial charge in [-0.05, 0) is 54.4 Å². The minimum Gasteiger partial charge on any atom is -0.324 e. The molecule has 1 heterocycles. The summed E-state index contributed by atoms with van der Waals surface area (Å²) in [7, 11) is 1.96. The molecule has 0 aliphatic heterocycles. The molecule has 0 atom stereocenters. The molecule has 3 nitrogen and oxygen atoms in total. The van der Waals surface area contributed by atoms with E-state index in [1.165, 1.54) is 5.56 Å². The number of benzene rings is 1. The Kier molecular flexibility index (Phi) is 4.93. The van der Waals surface area contributed by atoms with Crippen LogP contribution in [0.1, 0.15) is 16.7 Å². The van der Waals surface area contributed by atoms with Crippen LogP contribution in [0.3, 0.4) is 0 Å². The van der Waals surface area contributed by atoms with Crippen LogP contribution in [0.2, 0.25) is 0 Å². The van der Waals surface area contributed by atoms with E-state index < -0.39 is 0 Å². The third-order valence-electron chi connectivity index (χ3n) is 3.19. The lowest BCUT2D eigenvalue weighted by atomic mass is 10.1. The lowest BCUT2D eigenvalue weighted by Gasteiger charge is -2.17. The second-order valence-corrected chi connectivity index (χ2v) is 5.90. The molecule has 4 heteroatoms. The number of rotatable bonds is 5. The highest BCUT2D eigenvalue weighted by molar-refractivity contribution is 7.07. The van der Waals surface area contributed by atoms with Gasteiger partial charge in [0.15, 0.2) is 0 Å². The Bertz CT molecular complexity index is 558. The van der Waals surface area contributed by atoms with Crippen molar-refractivity contribution in [2.24, 2.45) is 0 Å². The molecule has 1 aromatic heterocycles. The number of carbonyl (C=O) groups excluding carboxylic acids is 1. The summed E-state index contributed by atoms with van der Waals surface area (Å²) in [4.78, 5) is 14.1. The van der Waals surface area contributed by atoms with E-state index in [2.05, 4.69) is 22.1 Å². The summed E-state index contributed by atoms with van der Waals surface area (Å²) in [6.45, 7) is 5.21. The summed E-state index contributed by atoms with van der Waals surface area (Å²) in [5.74, 6) is 0.0279. The van der Waals surface area contributed by atoms with Gasteiger partial charge in [0, 0.05) is 12.2 Å². The quantitative estimate of drug-likeness (QED) is 0.914. The van der Waals surface area contributed by atoms with Gasteiger partial charge in [-0.15, -0.1) is 0 Å². The fourth-order valence-corrected chi connectivity index (χ4v) is 2.85. The third kappa shape index (κ3) is 3.92. The van der Waals surface area contributed by atoms with Crippen LogP contribution in [0.4, 0.5) is 5.69 Å². The Hall–Kier alpha value is -1.65. The van der Waals surface area contributed by atoms with Crippen molar-refractivity contribution in [1.82, 2.24) is 4.90 Å². The maximum absolute atomic E-state index is 12.1. The van der Waals surface area contributed by atoms with Gasteiger partial charge in [-0.25, -0.2) is 0 Å². The molecule has 0 radical (unpaired) electrons. The van der Waals surface area contributed by atoms with Gasteiger partial charge in [-0.2, -0.15) is 11.3 Å². The van der Waals surface area contributed by atoms with E-state index in [0.717, 1.165) is 23.4 Å². The first-order valence-electron chi connectivity index (χ1n) is 6.62. The molecule has 2 rings (SSSR count). The van der Waals surface area contributed by atoms with Crippen molar-refractivity contribution in [3.8, 4) is 0 Å². The van der Waals surface area contributed by atoms with Gasteiger partial charge >= 0.3 is 0 Å². The minimum absolute atomic E-state index is 0.0279. The molecule has 0 aliphatic rings. The molecular formula is C16H20N2OS. The van der Waals surface area contributed by atoms with E-state index in [0.29, 0.717) is 6.54 Å². The lowest BCUT2D eigenvalue weighted by molar-refractivity contribution is -0.117. The zero-order chi connectivity index (χ0) is 14.5. The fourth-order valence-electron chi connectivity index (χ4n) is 2.19. The zero-order valence-corrected chi connectivity index (χ0v) is 13.0. The predicted molar refractivity (Wildman–Crippen MR) is 85.2 cm³/mol. The Morgan fingerprint density at radius 3 is 2.55 bits per heavy atom. The number of amides is 1. The predicted octanol–water partition coefficient (Wildman–Crippen LogP) is 3.44. The molecule has 106 valence electrons. The summed E-state index contributed by atoms with van der Waals surface area (Å²) in [6, 6.07) is 8.11. The van der Waals surface area contributed by atoms with Crippen LogP contribution in [0, 0.1) is 13.8 Å². The number of nitrogens with zero attached hydrogens (tertiary/aromatic N) is 1. The first kappa shape index (κ1) is 14.8. The Balaban J connectivity index is 1.92. The molecule has 2 aromatic rings. The zero-order valence-electron chi connectivity index (χ0n) is 12.1. The largest absolute Gasteiger partial charge is 0.324 e. The fraction of sp³-hybridized carbons (Fsp3) is 0.312. The van der Waals surface area contributed by atoms with Gasteiger partial charge in [0.25, 0.3) is 0 Å².